The van der Waals surface area contributed by atoms with E-state index in [0.717, 1.165) is 45.9 Å². The second kappa shape index (κ2) is 9.27. The zero-order valence-electron chi connectivity index (χ0n) is 18.3. The van der Waals surface area contributed by atoms with Gasteiger partial charge >= 0.3 is 0 Å². The molecule has 0 atom stereocenters. The normalized spacial score (nSPS) is 13.7. The Balaban J connectivity index is 1.28. The Kier molecular flexibility index (Phi) is 5.88. The van der Waals surface area contributed by atoms with Crippen molar-refractivity contribution in [2.24, 2.45) is 0 Å². The lowest BCUT2D eigenvalue weighted by Gasteiger charge is -2.27. The number of aromatic nitrogens is 1. The Hall–Kier alpha value is -3.95. The average Bonchev–Trinajstić information content (AvgIpc) is 2.88. The number of hydrogen-bond donors (Lipinski definition) is 1. The van der Waals surface area contributed by atoms with E-state index in [-0.39, 0.29) is 5.91 Å². The quantitative estimate of drug-likeness (QED) is 0.502. The first-order chi connectivity index (χ1) is 16.2. The van der Waals surface area contributed by atoms with Gasteiger partial charge in [0.15, 0.2) is 0 Å². The number of ether oxygens (including phenoxy) is 1. The van der Waals surface area contributed by atoms with Crippen LogP contribution in [0.4, 0.5) is 5.69 Å². The molecule has 6 heteroatoms. The van der Waals surface area contributed by atoms with Gasteiger partial charge in [0.05, 0.1) is 30.4 Å². The van der Waals surface area contributed by atoms with Crippen LogP contribution in [0, 0.1) is 11.3 Å². The number of hydrogen-bond acceptors (Lipinski definition) is 5. The Morgan fingerprint density at radius 2 is 1.85 bits per heavy atom. The molecule has 0 spiro atoms. The highest BCUT2D eigenvalue weighted by Crippen LogP contribution is 2.23. The van der Waals surface area contributed by atoms with Crippen molar-refractivity contribution in [2.75, 3.05) is 38.2 Å². The van der Waals surface area contributed by atoms with E-state index in [1.807, 2.05) is 41.3 Å². The van der Waals surface area contributed by atoms with Crippen LogP contribution in [0.2, 0.25) is 0 Å². The summed E-state index contributed by atoms with van der Waals surface area (Å²) in [5.74, 6) is 0.0672. The Bertz CT molecular complexity index is 1370. The van der Waals surface area contributed by atoms with Gasteiger partial charge < -0.3 is 15.0 Å². The molecule has 3 aromatic carbocycles. The van der Waals surface area contributed by atoms with Crippen LogP contribution >= 0.6 is 0 Å². The minimum absolute atomic E-state index is 0.0672. The lowest BCUT2D eigenvalue weighted by atomic mass is 10.0. The van der Waals surface area contributed by atoms with E-state index < -0.39 is 0 Å². The minimum atomic E-state index is 0.0672. The van der Waals surface area contributed by atoms with Crippen molar-refractivity contribution in [3.8, 4) is 6.07 Å². The van der Waals surface area contributed by atoms with Crippen molar-refractivity contribution >= 4 is 33.3 Å². The molecule has 1 N–H and O–H groups in total. The number of benzene rings is 3. The van der Waals surface area contributed by atoms with Crippen molar-refractivity contribution in [3.05, 3.63) is 83.6 Å². The van der Waals surface area contributed by atoms with E-state index in [1.165, 1.54) is 5.56 Å². The standard InChI is InChI=1S/C27H24N4O2/c28-18-20-2-6-25-24(16-20)26(8-10-30-25)29-9-7-19-1-3-22-17-23(5-4-21(22)15-19)27(32)31-11-13-33-14-12-31/h1-6,8,10,15-17H,7,9,11-14H2,(H,29,30). The minimum Gasteiger partial charge on any atom is -0.384 e. The fourth-order valence-corrected chi connectivity index (χ4v) is 4.24. The number of nitriles is 1. The lowest BCUT2D eigenvalue weighted by Crippen LogP contribution is -2.40. The number of anilines is 1. The summed E-state index contributed by atoms with van der Waals surface area (Å²) in [5.41, 5.74) is 4.41. The Labute approximate surface area is 192 Å². The van der Waals surface area contributed by atoms with Gasteiger partial charge in [-0.15, -0.1) is 0 Å². The molecule has 0 radical (unpaired) electrons. The zero-order valence-corrected chi connectivity index (χ0v) is 18.3. The molecule has 1 aliphatic heterocycles. The maximum absolute atomic E-state index is 12.8. The molecule has 1 fully saturated rings. The van der Waals surface area contributed by atoms with E-state index >= 15 is 0 Å². The summed E-state index contributed by atoms with van der Waals surface area (Å²) >= 11 is 0. The first-order valence-corrected chi connectivity index (χ1v) is 11.1. The number of carbonyl (C=O) groups excluding carboxylic acids is 1. The Morgan fingerprint density at radius 3 is 2.70 bits per heavy atom. The zero-order chi connectivity index (χ0) is 22.6. The molecule has 4 aromatic rings. The number of amides is 1. The van der Waals surface area contributed by atoms with Crippen molar-refractivity contribution in [1.29, 1.82) is 5.26 Å². The highest BCUT2D eigenvalue weighted by molar-refractivity contribution is 5.98. The number of carbonyl (C=O) groups is 1. The molecular formula is C27H24N4O2. The van der Waals surface area contributed by atoms with Crippen molar-refractivity contribution < 1.29 is 9.53 Å². The summed E-state index contributed by atoms with van der Waals surface area (Å²) in [6.45, 7) is 3.26. The van der Waals surface area contributed by atoms with Gasteiger partial charge in [0.2, 0.25) is 0 Å². The first kappa shape index (κ1) is 20.9. The van der Waals surface area contributed by atoms with E-state index in [1.54, 1.807) is 12.3 Å². The van der Waals surface area contributed by atoms with Gasteiger partial charge in [0, 0.05) is 42.5 Å². The fraction of sp³-hybridized carbons (Fsp3) is 0.222. The van der Waals surface area contributed by atoms with Crippen LogP contribution < -0.4 is 5.32 Å². The van der Waals surface area contributed by atoms with Gasteiger partial charge in [0.1, 0.15) is 0 Å². The summed E-state index contributed by atoms with van der Waals surface area (Å²) in [6, 6.07) is 22.0. The third kappa shape index (κ3) is 4.50. The summed E-state index contributed by atoms with van der Waals surface area (Å²) in [5, 5.41) is 15.8. The van der Waals surface area contributed by atoms with Gasteiger partial charge in [-0.3, -0.25) is 9.78 Å². The van der Waals surface area contributed by atoms with E-state index in [0.29, 0.717) is 31.9 Å². The predicted molar refractivity (Wildman–Crippen MR) is 129 cm³/mol. The molecule has 1 aliphatic rings. The molecule has 0 bridgehead atoms. The SMILES string of the molecule is N#Cc1ccc2nccc(NCCc3ccc4cc(C(=O)N5CCOCC5)ccc4c3)c2c1. The maximum Gasteiger partial charge on any atom is 0.254 e. The van der Waals surface area contributed by atoms with Crippen LogP contribution in [0.15, 0.2) is 66.9 Å². The Morgan fingerprint density at radius 1 is 1.03 bits per heavy atom. The summed E-state index contributed by atoms with van der Waals surface area (Å²) in [6.07, 6.45) is 2.63. The molecule has 0 aliphatic carbocycles. The monoisotopic (exact) mass is 436 g/mol. The molecule has 6 nitrogen and oxygen atoms in total. The maximum atomic E-state index is 12.8. The summed E-state index contributed by atoms with van der Waals surface area (Å²) < 4.78 is 5.35. The largest absolute Gasteiger partial charge is 0.384 e. The van der Waals surface area contributed by atoms with Crippen molar-refractivity contribution in [1.82, 2.24) is 9.88 Å². The number of fused-ring (bicyclic) bond motifs is 2. The molecule has 1 amide bonds. The van der Waals surface area contributed by atoms with E-state index in [9.17, 15) is 10.1 Å². The van der Waals surface area contributed by atoms with E-state index in [4.69, 9.17) is 4.74 Å². The number of nitrogens with zero attached hydrogens (tertiary/aromatic N) is 3. The van der Waals surface area contributed by atoms with Gasteiger partial charge in [-0.05, 0) is 59.2 Å². The van der Waals surface area contributed by atoms with Crippen molar-refractivity contribution in [3.63, 3.8) is 0 Å². The van der Waals surface area contributed by atoms with Gasteiger partial charge in [0.25, 0.3) is 5.91 Å². The van der Waals surface area contributed by atoms with Crippen LogP contribution in [0.25, 0.3) is 21.7 Å². The van der Waals surface area contributed by atoms with Crippen LogP contribution in [-0.2, 0) is 11.2 Å². The molecule has 164 valence electrons. The first-order valence-electron chi connectivity index (χ1n) is 11.1. The number of pyridine rings is 1. The number of nitrogens with one attached hydrogen (secondary N) is 1. The second-order valence-corrected chi connectivity index (χ2v) is 8.18. The van der Waals surface area contributed by atoms with E-state index in [2.05, 4.69) is 34.6 Å². The molecule has 2 heterocycles. The van der Waals surface area contributed by atoms with Gasteiger partial charge in [-0.1, -0.05) is 24.3 Å². The molecule has 1 aromatic heterocycles. The molecule has 0 unspecified atom stereocenters. The summed E-state index contributed by atoms with van der Waals surface area (Å²) in [7, 11) is 0. The number of morpholine rings is 1. The topological polar surface area (TPSA) is 78.2 Å². The van der Waals surface area contributed by atoms with Crippen LogP contribution in [-0.4, -0.2) is 48.6 Å². The van der Waals surface area contributed by atoms with Gasteiger partial charge in [-0.25, -0.2) is 0 Å². The van der Waals surface area contributed by atoms with Gasteiger partial charge in [-0.2, -0.15) is 5.26 Å². The highest BCUT2D eigenvalue weighted by atomic mass is 16.5. The smallest absolute Gasteiger partial charge is 0.254 e. The van der Waals surface area contributed by atoms with Crippen LogP contribution in [0.5, 0.6) is 0 Å². The third-order valence-electron chi connectivity index (χ3n) is 6.05. The second-order valence-electron chi connectivity index (χ2n) is 8.18. The van der Waals surface area contributed by atoms with Crippen LogP contribution in [0.1, 0.15) is 21.5 Å². The highest BCUT2D eigenvalue weighted by Gasteiger charge is 2.18. The fourth-order valence-electron chi connectivity index (χ4n) is 4.24. The lowest BCUT2D eigenvalue weighted by molar-refractivity contribution is 0.0303. The molecule has 5 rings (SSSR count). The molecular weight excluding hydrogens is 412 g/mol. The van der Waals surface area contributed by atoms with Crippen molar-refractivity contribution in [2.45, 2.75) is 6.42 Å². The molecule has 33 heavy (non-hydrogen) atoms. The van der Waals surface area contributed by atoms with Crippen LogP contribution in [0.3, 0.4) is 0 Å². The third-order valence-corrected chi connectivity index (χ3v) is 6.05. The average molecular weight is 437 g/mol. The summed E-state index contributed by atoms with van der Waals surface area (Å²) in [4.78, 5) is 19.0. The molecule has 0 saturated carbocycles. The number of rotatable bonds is 5. The molecule has 1 saturated heterocycles. The predicted octanol–water partition coefficient (Wildman–Crippen LogP) is 4.39.